The topological polar surface area (TPSA) is 0 Å². The molecular weight excluding hydrogens is 379 g/mol. The Morgan fingerprint density at radius 3 is 2.50 bits per heavy atom. The van der Waals surface area contributed by atoms with Crippen molar-refractivity contribution in [3.8, 4) is 0 Å². The van der Waals surface area contributed by atoms with Gasteiger partial charge in [-0.2, -0.15) is 0 Å². The number of benzene rings is 1. The highest BCUT2D eigenvalue weighted by atomic mass is 127. The highest BCUT2D eigenvalue weighted by Gasteiger charge is 2.35. The lowest BCUT2D eigenvalue weighted by Crippen LogP contribution is -2.12. The average Bonchev–Trinajstić information content (AvgIpc) is 2.68. The molecule has 3 unspecified atom stereocenters. The van der Waals surface area contributed by atoms with E-state index in [0.717, 1.165) is 19.3 Å². The van der Waals surface area contributed by atoms with Crippen LogP contribution in [0.2, 0.25) is 0 Å². The zero-order valence-electron chi connectivity index (χ0n) is 14.1. The molecule has 0 nitrogen and oxygen atoms in total. The SMILES string of the molecule is C=C(C)CCC(CC1C(=C)c2c(I)cccc2C1C)C(=C)C. The summed E-state index contributed by atoms with van der Waals surface area (Å²) in [4.78, 5) is 0. The van der Waals surface area contributed by atoms with Gasteiger partial charge in [0.25, 0.3) is 0 Å². The number of allylic oxidation sites excluding steroid dienone is 3. The summed E-state index contributed by atoms with van der Waals surface area (Å²) in [6, 6.07) is 6.64. The van der Waals surface area contributed by atoms with Crippen LogP contribution < -0.4 is 0 Å². The van der Waals surface area contributed by atoms with Crippen LogP contribution in [0.3, 0.4) is 0 Å². The van der Waals surface area contributed by atoms with Gasteiger partial charge in [-0.15, -0.1) is 6.58 Å². The maximum atomic E-state index is 4.44. The van der Waals surface area contributed by atoms with Crippen molar-refractivity contribution in [2.24, 2.45) is 11.8 Å². The van der Waals surface area contributed by atoms with Crippen LogP contribution >= 0.6 is 22.6 Å². The maximum absolute atomic E-state index is 4.44. The van der Waals surface area contributed by atoms with Crippen molar-refractivity contribution in [1.29, 1.82) is 0 Å². The molecule has 0 aromatic heterocycles. The fourth-order valence-electron chi connectivity index (χ4n) is 3.60. The second-order valence-electron chi connectivity index (χ2n) is 6.90. The second-order valence-corrected chi connectivity index (χ2v) is 8.06. The summed E-state index contributed by atoms with van der Waals surface area (Å²) in [6.45, 7) is 19.4. The average molecular weight is 406 g/mol. The van der Waals surface area contributed by atoms with Gasteiger partial charge in [0.1, 0.15) is 0 Å². The molecule has 0 saturated heterocycles. The predicted molar refractivity (Wildman–Crippen MR) is 107 cm³/mol. The van der Waals surface area contributed by atoms with Gasteiger partial charge in [0.05, 0.1) is 0 Å². The van der Waals surface area contributed by atoms with E-state index < -0.39 is 0 Å². The summed E-state index contributed by atoms with van der Waals surface area (Å²) >= 11 is 2.44. The van der Waals surface area contributed by atoms with Gasteiger partial charge in [0.15, 0.2) is 0 Å². The Kier molecular flexibility index (Phi) is 5.70. The Morgan fingerprint density at radius 1 is 1.27 bits per heavy atom. The van der Waals surface area contributed by atoms with Crippen LogP contribution in [0, 0.1) is 15.4 Å². The molecule has 22 heavy (non-hydrogen) atoms. The number of hydrogen-bond acceptors (Lipinski definition) is 0. The van der Waals surface area contributed by atoms with Crippen LogP contribution in [0.1, 0.15) is 57.1 Å². The van der Waals surface area contributed by atoms with Crippen LogP contribution in [0.25, 0.3) is 5.57 Å². The first-order valence-corrected chi connectivity index (χ1v) is 9.18. The Hall–Kier alpha value is -0.830. The van der Waals surface area contributed by atoms with Crippen molar-refractivity contribution >= 4 is 28.2 Å². The molecule has 1 aliphatic rings. The third-order valence-corrected chi connectivity index (χ3v) is 5.96. The lowest BCUT2D eigenvalue weighted by molar-refractivity contribution is 0.421. The van der Waals surface area contributed by atoms with Gasteiger partial charge in [0, 0.05) is 3.57 Å². The fraction of sp³-hybridized carbons (Fsp3) is 0.429. The van der Waals surface area contributed by atoms with Gasteiger partial charge >= 0.3 is 0 Å². The molecule has 0 spiro atoms. The van der Waals surface area contributed by atoms with Gasteiger partial charge in [0.2, 0.25) is 0 Å². The minimum atomic E-state index is 0.540. The first-order chi connectivity index (χ1) is 10.3. The zero-order chi connectivity index (χ0) is 16.4. The van der Waals surface area contributed by atoms with Crippen LogP contribution in [0.4, 0.5) is 0 Å². The summed E-state index contributed by atoms with van der Waals surface area (Å²) in [7, 11) is 0. The lowest BCUT2D eigenvalue weighted by Gasteiger charge is -2.25. The summed E-state index contributed by atoms with van der Waals surface area (Å²) in [5, 5.41) is 0. The second kappa shape index (κ2) is 7.16. The van der Waals surface area contributed by atoms with Crippen LogP contribution in [0.5, 0.6) is 0 Å². The van der Waals surface area contributed by atoms with Crippen molar-refractivity contribution < 1.29 is 0 Å². The van der Waals surface area contributed by atoms with Crippen molar-refractivity contribution in [1.82, 2.24) is 0 Å². The van der Waals surface area contributed by atoms with E-state index in [-0.39, 0.29) is 0 Å². The molecule has 0 radical (unpaired) electrons. The Labute approximate surface area is 149 Å². The molecule has 0 N–H and O–H groups in total. The molecule has 118 valence electrons. The number of rotatable bonds is 6. The minimum absolute atomic E-state index is 0.540. The predicted octanol–water partition coefficient (Wildman–Crippen LogP) is 6.98. The third kappa shape index (κ3) is 3.56. The van der Waals surface area contributed by atoms with E-state index >= 15 is 0 Å². The van der Waals surface area contributed by atoms with Gasteiger partial charge in [-0.05, 0) is 96.2 Å². The molecule has 0 saturated carbocycles. The Balaban J connectivity index is 2.19. The number of fused-ring (bicyclic) bond motifs is 1. The van der Waals surface area contributed by atoms with E-state index in [2.05, 4.69) is 81.3 Å². The zero-order valence-corrected chi connectivity index (χ0v) is 16.2. The largest absolute Gasteiger partial charge is 0.100 e. The highest BCUT2D eigenvalue weighted by molar-refractivity contribution is 14.1. The van der Waals surface area contributed by atoms with Crippen molar-refractivity contribution in [3.63, 3.8) is 0 Å². The molecule has 2 rings (SSSR count). The lowest BCUT2D eigenvalue weighted by atomic mass is 9.80. The Morgan fingerprint density at radius 2 is 1.95 bits per heavy atom. The molecule has 0 heterocycles. The van der Waals surface area contributed by atoms with E-state index in [0.29, 0.717) is 17.8 Å². The number of hydrogen-bond donors (Lipinski definition) is 0. The van der Waals surface area contributed by atoms with Crippen molar-refractivity contribution in [2.45, 2.75) is 46.0 Å². The quantitative estimate of drug-likeness (QED) is 0.353. The molecule has 0 aliphatic heterocycles. The Bertz CT molecular complexity index is 608. The van der Waals surface area contributed by atoms with E-state index in [1.54, 1.807) is 0 Å². The molecule has 0 amide bonds. The standard InChI is InChI=1S/C21H27I/c1-13(2)10-11-17(14(3)4)12-19-15(5)18-8-7-9-20(22)21(18)16(19)6/h7-9,15,17,19H,1,3,6,10-12H2,2,4-5H3. The molecule has 3 atom stereocenters. The molecule has 1 aromatic rings. The van der Waals surface area contributed by atoms with Crippen LogP contribution in [-0.2, 0) is 0 Å². The van der Waals surface area contributed by atoms with Gasteiger partial charge in [-0.1, -0.05) is 43.4 Å². The maximum Gasteiger partial charge on any atom is 0.0208 e. The van der Waals surface area contributed by atoms with E-state index in [4.69, 9.17) is 0 Å². The summed E-state index contributed by atoms with van der Waals surface area (Å²) in [5.74, 6) is 1.66. The third-order valence-electron chi connectivity index (χ3n) is 5.06. The van der Waals surface area contributed by atoms with Crippen LogP contribution in [0.15, 0.2) is 49.1 Å². The van der Waals surface area contributed by atoms with Gasteiger partial charge in [-0.3, -0.25) is 0 Å². The molecule has 1 aromatic carbocycles. The van der Waals surface area contributed by atoms with E-state index in [1.165, 1.54) is 31.4 Å². The molecule has 0 fully saturated rings. The summed E-state index contributed by atoms with van der Waals surface area (Å²) < 4.78 is 1.34. The van der Waals surface area contributed by atoms with Crippen molar-refractivity contribution in [3.05, 3.63) is 63.8 Å². The first kappa shape index (κ1) is 17.5. The smallest absolute Gasteiger partial charge is 0.0208 e. The van der Waals surface area contributed by atoms with E-state index in [1.807, 2.05) is 0 Å². The fourth-order valence-corrected chi connectivity index (χ4v) is 4.47. The van der Waals surface area contributed by atoms with E-state index in [9.17, 15) is 0 Å². The van der Waals surface area contributed by atoms with Crippen LogP contribution in [-0.4, -0.2) is 0 Å². The number of halogens is 1. The van der Waals surface area contributed by atoms with Gasteiger partial charge in [-0.25, -0.2) is 0 Å². The monoisotopic (exact) mass is 406 g/mol. The normalized spacial score (nSPS) is 21.5. The molecular formula is C21H27I. The summed E-state index contributed by atoms with van der Waals surface area (Å²) in [5.41, 5.74) is 6.77. The first-order valence-electron chi connectivity index (χ1n) is 8.10. The summed E-state index contributed by atoms with van der Waals surface area (Å²) in [6.07, 6.45) is 3.41. The molecule has 0 bridgehead atoms. The van der Waals surface area contributed by atoms with Crippen molar-refractivity contribution in [2.75, 3.05) is 0 Å². The minimum Gasteiger partial charge on any atom is -0.100 e. The molecule has 1 heteroatoms. The van der Waals surface area contributed by atoms with Gasteiger partial charge < -0.3 is 0 Å². The molecule has 1 aliphatic carbocycles. The highest BCUT2D eigenvalue weighted by Crippen LogP contribution is 2.50.